The van der Waals surface area contributed by atoms with Gasteiger partial charge in [0.15, 0.2) is 6.29 Å². The molecule has 1 unspecified atom stereocenters. The molecular weight excluding hydrogens is 180 g/mol. The lowest BCUT2D eigenvalue weighted by atomic mass is 10.3. The average molecular weight is 204 g/mol. The van der Waals surface area contributed by atoms with Crippen molar-refractivity contribution < 1.29 is 14.6 Å². The lowest BCUT2D eigenvalue weighted by Gasteiger charge is -2.17. The molecule has 0 aromatic heterocycles. The second kappa shape index (κ2) is 11.0. The highest BCUT2D eigenvalue weighted by Gasteiger charge is 2.07. The van der Waals surface area contributed by atoms with Gasteiger partial charge in [0.05, 0.1) is 0 Å². The van der Waals surface area contributed by atoms with Crippen molar-refractivity contribution in [3.63, 3.8) is 0 Å². The molecule has 0 fully saturated rings. The molecule has 0 aliphatic carbocycles. The standard InChI is InChI=1S/C11H24O3/c1-3-5-10-14-11(7-6-8-12)13-9-4-2/h11-12H,3-10H2,1-2H3. The molecule has 0 heterocycles. The van der Waals surface area contributed by atoms with Crippen LogP contribution < -0.4 is 0 Å². The SMILES string of the molecule is CCCCOC(CCCO)OCCC. The average Bonchev–Trinajstić information content (AvgIpc) is 2.21. The summed E-state index contributed by atoms with van der Waals surface area (Å²) < 4.78 is 11.1. The fourth-order valence-corrected chi connectivity index (χ4v) is 1.08. The molecule has 3 nitrogen and oxygen atoms in total. The first-order valence-electron chi connectivity index (χ1n) is 5.69. The molecule has 14 heavy (non-hydrogen) atoms. The minimum Gasteiger partial charge on any atom is -0.396 e. The zero-order chi connectivity index (χ0) is 10.6. The first-order chi connectivity index (χ1) is 6.85. The minimum absolute atomic E-state index is 0.117. The van der Waals surface area contributed by atoms with Crippen molar-refractivity contribution in [1.29, 1.82) is 0 Å². The summed E-state index contributed by atoms with van der Waals surface area (Å²) >= 11 is 0. The molecule has 0 bridgehead atoms. The molecule has 0 spiro atoms. The van der Waals surface area contributed by atoms with E-state index in [0.29, 0.717) is 0 Å². The second-order valence-corrected chi connectivity index (χ2v) is 3.39. The molecule has 0 saturated heterocycles. The van der Waals surface area contributed by atoms with E-state index < -0.39 is 0 Å². The first-order valence-corrected chi connectivity index (χ1v) is 5.69. The zero-order valence-corrected chi connectivity index (χ0v) is 9.50. The normalized spacial score (nSPS) is 13.1. The van der Waals surface area contributed by atoms with Gasteiger partial charge >= 0.3 is 0 Å². The van der Waals surface area contributed by atoms with Crippen LogP contribution in [0.3, 0.4) is 0 Å². The van der Waals surface area contributed by atoms with Gasteiger partial charge in [0.2, 0.25) is 0 Å². The van der Waals surface area contributed by atoms with Crippen molar-refractivity contribution in [2.24, 2.45) is 0 Å². The van der Waals surface area contributed by atoms with Crippen LogP contribution in [0.25, 0.3) is 0 Å². The van der Waals surface area contributed by atoms with Gasteiger partial charge < -0.3 is 14.6 Å². The highest BCUT2D eigenvalue weighted by Crippen LogP contribution is 2.06. The van der Waals surface area contributed by atoms with Crippen molar-refractivity contribution in [3.8, 4) is 0 Å². The molecule has 0 aliphatic heterocycles. The van der Waals surface area contributed by atoms with E-state index in [1.807, 2.05) is 0 Å². The lowest BCUT2D eigenvalue weighted by molar-refractivity contribution is -0.147. The summed E-state index contributed by atoms with van der Waals surface area (Å²) in [6.07, 6.45) is 4.65. The molecule has 0 radical (unpaired) electrons. The Morgan fingerprint density at radius 2 is 1.71 bits per heavy atom. The maximum absolute atomic E-state index is 8.70. The van der Waals surface area contributed by atoms with E-state index >= 15 is 0 Å². The van der Waals surface area contributed by atoms with Crippen molar-refractivity contribution in [1.82, 2.24) is 0 Å². The number of aliphatic hydroxyl groups excluding tert-OH is 1. The molecule has 0 aliphatic rings. The van der Waals surface area contributed by atoms with E-state index in [1.165, 1.54) is 0 Å². The van der Waals surface area contributed by atoms with Crippen molar-refractivity contribution in [2.45, 2.75) is 52.2 Å². The highest BCUT2D eigenvalue weighted by atomic mass is 16.7. The van der Waals surface area contributed by atoms with Crippen molar-refractivity contribution >= 4 is 0 Å². The van der Waals surface area contributed by atoms with Crippen LogP contribution >= 0.6 is 0 Å². The van der Waals surface area contributed by atoms with E-state index in [2.05, 4.69) is 13.8 Å². The van der Waals surface area contributed by atoms with Gasteiger partial charge in [-0.15, -0.1) is 0 Å². The molecule has 1 atom stereocenters. The summed E-state index contributed by atoms with van der Waals surface area (Å²) in [5.74, 6) is 0. The summed E-state index contributed by atoms with van der Waals surface area (Å²) in [5, 5.41) is 8.70. The van der Waals surface area contributed by atoms with Crippen LogP contribution in [-0.4, -0.2) is 31.2 Å². The van der Waals surface area contributed by atoms with Crippen LogP contribution in [-0.2, 0) is 9.47 Å². The fourth-order valence-electron chi connectivity index (χ4n) is 1.08. The Hall–Kier alpha value is -0.120. The Labute approximate surface area is 87.4 Å². The van der Waals surface area contributed by atoms with E-state index in [0.717, 1.165) is 45.3 Å². The van der Waals surface area contributed by atoms with Gasteiger partial charge in [-0.3, -0.25) is 0 Å². The largest absolute Gasteiger partial charge is 0.396 e. The molecule has 0 amide bonds. The second-order valence-electron chi connectivity index (χ2n) is 3.39. The van der Waals surface area contributed by atoms with E-state index in [4.69, 9.17) is 14.6 Å². The van der Waals surface area contributed by atoms with Gasteiger partial charge in [-0.2, -0.15) is 0 Å². The number of hydrogen-bond acceptors (Lipinski definition) is 3. The quantitative estimate of drug-likeness (QED) is 0.438. The Bertz CT molecular complexity index is 98.7. The van der Waals surface area contributed by atoms with Crippen molar-refractivity contribution in [2.75, 3.05) is 19.8 Å². The third kappa shape index (κ3) is 8.48. The van der Waals surface area contributed by atoms with Gasteiger partial charge in [0.25, 0.3) is 0 Å². The Balaban J connectivity index is 3.49. The van der Waals surface area contributed by atoms with Crippen LogP contribution in [0, 0.1) is 0 Å². The van der Waals surface area contributed by atoms with Gasteiger partial charge in [-0.25, -0.2) is 0 Å². The molecule has 0 saturated carbocycles. The summed E-state index contributed by atoms with van der Waals surface area (Å²) in [4.78, 5) is 0. The summed E-state index contributed by atoms with van der Waals surface area (Å²) in [6, 6.07) is 0. The van der Waals surface area contributed by atoms with Gasteiger partial charge in [0, 0.05) is 26.2 Å². The molecule has 86 valence electrons. The number of aliphatic hydroxyl groups is 1. The van der Waals surface area contributed by atoms with Gasteiger partial charge in [-0.1, -0.05) is 20.3 Å². The Morgan fingerprint density at radius 1 is 1.00 bits per heavy atom. The number of rotatable bonds is 10. The van der Waals surface area contributed by atoms with Crippen LogP contribution in [0.4, 0.5) is 0 Å². The molecule has 1 N–H and O–H groups in total. The molecule has 0 aromatic rings. The van der Waals surface area contributed by atoms with E-state index in [9.17, 15) is 0 Å². The molecule has 3 heteroatoms. The minimum atomic E-state index is -0.117. The number of unbranched alkanes of at least 4 members (excludes halogenated alkanes) is 1. The van der Waals surface area contributed by atoms with Gasteiger partial charge in [-0.05, 0) is 19.3 Å². The molecular formula is C11H24O3. The number of hydrogen-bond donors (Lipinski definition) is 1. The van der Waals surface area contributed by atoms with Crippen LogP contribution in [0.15, 0.2) is 0 Å². The highest BCUT2D eigenvalue weighted by molar-refractivity contribution is 4.46. The topological polar surface area (TPSA) is 38.7 Å². The summed E-state index contributed by atoms with van der Waals surface area (Å²) in [7, 11) is 0. The van der Waals surface area contributed by atoms with Crippen LogP contribution in [0.2, 0.25) is 0 Å². The third-order valence-electron chi connectivity index (χ3n) is 1.91. The van der Waals surface area contributed by atoms with Gasteiger partial charge in [0.1, 0.15) is 0 Å². The third-order valence-corrected chi connectivity index (χ3v) is 1.91. The van der Waals surface area contributed by atoms with Crippen LogP contribution in [0.1, 0.15) is 46.0 Å². The smallest absolute Gasteiger partial charge is 0.157 e. The number of ether oxygens (including phenoxy) is 2. The maximum atomic E-state index is 8.70. The predicted octanol–water partition coefficient (Wildman–Crippen LogP) is 2.33. The predicted molar refractivity (Wildman–Crippen MR) is 57.2 cm³/mol. The lowest BCUT2D eigenvalue weighted by Crippen LogP contribution is -2.19. The van der Waals surface area contributed by atoms with Crippen LogP contribution in [0.5, 0.6) is 0 Å². The molecule has 0 rings (SSSR count). The summed E-state index contributed by atoms with van der Waals surface area (Å²) in [6.45, 7) is 5.93. The van der Waals surface area contributed by atoms with E-state index in [1.54, 1.807) is 0 Å². The first kappa shape index (κ1) is 13.9. The van der Waals surface area contributed by atoms with E-state index in [-0.39, 0.29) is 12.9 Å². The monoisotopic (exact) mass is 204 g/mol. The Kier molecular flexibility index (Phi) is 10.9. The fraction of sp³-hybridized carbons (Fsp3) is 1.00. The van der Waals surface area contributed by atoms with Crippen molar-refractivity contribution in [3.05, 3.63) is 0 Å². The maximum Gasteiger partial charge on any atom is 0.157 e. The Morgan fingerprint density at radius 3 is 2.29 bits per heavy atom. The zero-order valence-electron chi connectivity index (χ0n) is 9.50. The summed E-state index contributed by atoms with van der Waals surface area (Å²) in [5.41, 5.74) is 0. The molecule has 0 aromatic carbocycles.